The average molecular weight is 470 g/mol. The summed E-state index contributed by atoms with van der Waals surface area (Å²) in [4.78, 5) is 14.8. The van der Waals surface area contributed by atoms with Gasteiger partial charge in [0.05, 0.1) is 11.5 Å². The number of sulfone groups is 1. The van der Waals surface area contributed by atoms with Crippen LogP contribution in [-0.4, -0.2) is 45.0 Å². The molecule has 1 aliphatic rings. The number of carbonyl (C=O) groups is 1. The third kappa shape index (κ3) is 5.57. The van der Waals surface area contributed by atoms with Gasteiger partial charge < -0.3 is 18.8 Å². The van der Waals surface area contributed by atoms with Gasteiger partial charge in [-0.15, -0.1) is 0 Å². The molecule has 1 aromatic heterocycles. The topological polar surface area (TPSA) is 86.0 Å². The van der Waals surface area contributed by atoms with E-state index in [0.29, 0.717) is 44.0 Å². The van der Waals surface area contributed by atoms with Crippen LogP contribution in [-0.2, 0) is 15.6 Å². The van der Waals surface area contributed by atoms with E-state index in [0.717, 1.165) is 0 Å². The van der Waals surface area contributed by atoms with Gasteiger partial charge in [-0.1, -0.05) is 30.3 Å². The van der Waals surface area contributed by atoms with E-state index in [-0.39, 0.29) is 34.2 Å². The standard InChI is InChI=1S/C25H27NO6S/c1-2-30-22-10-6-7-11-23(22)31-19-14-16-26(17-15-19)25(27)24-13-12-20(32-24)18-33(28,29)21-8-4-3-5-9-21/h3-13,19H,2,14-18H2,1H3. The molecule has 0 bridgehead atoms. The highest BCUT2D eigenvalue weighted by atomic mass is 32.2. The molecule has 2 heterocycles. The number of likely N-dealkylation sites (tertiary alicyclic amines) is 1. The Morgan fingerprint density at radius 3 is 2.33 bits per heavy atom. The number of hydrogen-bond donors (Lipinski definition) is 0. The number of nitrogens with zero attached hydrogens (tertiary/aromatic N) is 1. The number of amides is 1. The fourth-order valence-corrected chi connectivity index (χ4v) is 5.07. The van der Waals surface area contributed by atoms with Crippen LogP contribution < -0.4 is 9.47 Å². The van der Waals surface area contributed by atoms with Gasteiger partial charge in [-0.3, -0.25) is 4.79 Å². The van der Waals surface area contributed by atoms with Crippen molar-refractivity contribution in [1.29, 1.82) is 0 Å². The van der Waals surface area contributed by atoms with E-state index in [9.17, 15) is 13.2 Å². The number of para-hydroxylation sites is 2. The molecule has 0 aliphatic carbocycles. The number of ether oxygens (including phenoxy) is 2. The molecule has 7 nitrogen and oxygen atoms in total. The maximum absolute atomic E-state index is 12.9. The lowest BCUT2D eigenvalue weighted by Gasteiger charge is -2.32. The molecule has 1 fully saturated rings. The zero-order valence-electron chi connectivity index (χ0n) is 18.5. The molecule has 0 unspecified atom stereocenters. The van der Waals surface area contributed by atoms with E-state index in [1.165, 1.54) is 0 Å². The van der Waals surface area contributed by atoms with E-state index >= 15 is 0 Å². The Morgan fingerprint density at radius 2 is 1.64 bits per heavy atom. The van der Waals surface area contributed by atoms with Crippen LogP contribution in [0.5, 0.6) is 11.5 Å². The smallest absolute Gasteiger partial charge is 0.289 e. The number of rotatable bonds is 8. The monoisotopic (exact) mass is 469 g/mol. The minimum atomic E-state index is -3.54. The number of furan rings is 1. The Kier molecular flexibility index (Phi) is 7.03. The van der Waals surface area contributed by atoms with Gasteiger partial charge in [-0.05, 0) is 43.3 Å². The summed E-state index contributed by atoms with van der Waals surface area (Å²) in [5.74, 6) is 1.28. The second-order valence-electron chi connectivity index (χ2n) is 7.83. The van der Waals surface area contributed by atoms with Crippen molar-refractivity contribution in [2.45, 2.75) is 36.5 Å². The summed E-state index contributed by atoms with van der Waals surface area (Å²) in [5.41, 5.74) is 0. The van der Waals surface area contributed by atoms with Crippen LogP contribution in [0, 0.1) is 0 Å². The molecule has 1 amide bonds. The first kappa shape index (κ1) is 22.9. The lowest BCUT2D eigenvalue weighted by Crippen LogP contribution is -2.41. The molecular formula is C25H27NO6S. The zero-order chi connectivity index (χ0) is 23.3. The third-order valence-corrected chi connectivity index (χ3v) is 7.13. The Bertz CT molecular complexity index is 1180. The first-order valence-electron chi connectivity index (χ1n) is 11.0. The quantitative estimate of drug-likeness (QED) is 0.488. The molecule has 2 aromatic carbocycles. The molecule has 0 N–H and O–H groups in total. The maximum Gasteiger partial charge on any atom is 0.289 e. The zero-order valence-corrected chi connectivity index (χ0v) is 19.3. The lowest BCUT2D eigenvalue weighted by molar-refractivity contribution is 0.0559. The summed E-state index contributed by atoms with van der Waals surface area (Å²) in [5, 5.41) is 0. The highest BCUT2D eigenvalue weighted by Crippen LogP contribution is 2.29. The van der Waals surface area contributed by atoms with Crippen molar-refractivity contribution in [2.75, 3.05) is 19.7 Å². The van der Waals surface area contributed by atoms with Crippen LogP contribution >= 0.6 is 0 Å². The highest BCUT2D eigenvalue weighted by Gasteiger charge is 2.27. The molecule has 0 spiro atoms. The molecule has 3 aromatic rings. The SMILES string of the molecule is CCOc1ccccc1OC1CCN(C(=O)c2ccc(CS(=O)(=O)c3ccccc3)o2)CC1. The molecule has 33 heavy (non-hydrogen) atoms. The fraction of sp³-hybridized carbons (Fsp3) is 0.320. The van der Waals surface area contributed by atoms with Crippen molar-refractivity contribution < 1.29 is 27.1 Å². The van der Waals surface area contributed by atoms with Crippen LogP contribution in [0.25, 0.3) is 0 Å². The summed E-state index contributed by atoms with van der Waals surface area (Å²) >= 11 is 0. The minimum Gasteiger partial charge on any atom is -0.490 e. The van der Waals surface area contributed by atoms with Crippen LogP contribution in [0.3, 0.4) is 0 Å². The highest BCUT2D eigenvalue weighted by molar-refractivity contribution is 7.90. The molecule has 0 atom stereocenters. The Labute approximate surface area is 193 Å². The number of piperidine rings is 1. The number of benzene rings is 2. The average Bonchev–Trinajstić information content (AvgIpc) is 3.29. The van der Waals surface area contributed by atoms with Gasteiger partial charge in [0.25, 0.3) is 5.91 Å². The molecular weight excluding hydrogens is 442 g/mol. The van der Waals surface area contributed by atoms with Gasteiger partial charge >= 0.3 is 0 Å². The van der Waals surface area contributed by atoms with Crippen molar-refractivity contribution in [3.8, 4) is 11.5 Å². The minimum absolute atomic E-state index is 0.0150. The van der Waals surface area contributed by atoms with E-state index in [1.807, 2.05) is 31.2 Å². The fourth-order valence-electron chi connectivity index (χ4n) is 3.80. The second-order valence-corrected chi connectivity index (χ2v) is 9.82. The van der Waals surface area contributed by atoms with Crippen LogP contribution in [0.15, 0.2) is 76.0 Å². The first-order valence-corrected chi connectivity index (χ1v) is 12.7. The molecule has 8 heteroatoms. The summed E-state index contributed by atoms with van der Waals surface area (Å²) < 4.78 is 42.5. The maximum atomic E-state index is 12.9. The van der Waals surface area contributed by atoms with Gasteiger partial charge in [0.2, 0.25) is 0 Å². The van der Waals surface area contributed by atoms with Crippen molar-refractivity contribution in [3.05, 3.63) is 78.3 Å². The Morgan fingerprint density at radius 1 is 0.970 bits per heavy atom. The van der Waals surface area contributed by atoms with Crippen LogP contribution in [0.2, 0.25) is 0 Å². The Balaban J connectivity index is 1.34. The van der Waals surface area contributed by atoms with Crippen molar-refractivity contribution >= 4 is 15.7 Å². The van der Waals surface area contributed by atoms with Gasteiger partial charge in [-0.25, -0.2) is 8.42 Å². The third-order valence-electron chi connectivity index (χ3n) is 5.48. The van der Waals surface area contributed by atoms with Crippen molar-refractivity contribution in [2.24, 2.45) is 0 Å². The van der Waals surface area contributed by atoms with E-state index in [2.05, 4.69) is 0 Å². The van der Waals surface area contributed by atoms with Crippen LogP contribution in [0.1, 0.15) is 36.1 Å². The second kappa shape index (κ2) is 10.1. The molecule has 174 valence electrons. The van der Waals surface area contributed by atoms with Gasteiger partial charge in [0.15, 0.2) is 27.1 Å². The van der Waals surface area contributed by atoms with Gasteiger partial charge in [0.1, 0.15) is 17.6 Å². The van der Waals surface area contributed by atoms with Crippen molar-refractivity contribution in [3.63, 3.8) is 0 Å². The lowest BCUT2D eigenvalue weighted by atomic mass is 10.1. The summed E-state index contributed by atoms with van der Waals surface area (Å²) in [6.07, 6.45) is 1.35. The van der Waals surface area contributed by atoms with Gasteiger partial charge in [0, 0.05) is 25.9 Å². The molecule has 0 saturated carbocycles. The van der Waals surface area contributed by atoms with Gasteiger partial charge in [-0.2, -0.15) is 0 Å². The number of carbonyl (C=O) groups excluding carboxylic acids is 1. The van der Waals surface area contributed by atoms with E-state index in [4.69, 9.17) is 13.9 Å². The largest absolute Gasteiger partial charge is 0.490 e. The van der Waals surface area contributed by atoms with Crippen molar-refractivity contribution in [1.82, 2.24) is 4.90 Å². The molecule has 4 rings (SSSR count). The van der Waals surface area contributed by atoms with Crippen LogP contribution in [0.4, 0.5) is 0 Å². The summed E-state index contributed by atoms with van der Waals surface area (Å²) in [7, 11) is -3.54. The summed E-state index contributed by atoms with van der Waals surface area (Å²) in [6.45, 7) is 3.54. The molecule has 1 saturated heterocycles. The summed E-state index contributed by atoms with van der Waals surface area (Å²) in [6, 6.07) is 18.9. The molecule has 0 radical (unpaired) electrons. The predicted octanol–water partition coefficient (Wildman–Crippen LogP) is 4.34. The Hall–Kier alpha value is -3.26. The van der Waals surface area contributed by atoms with E-state index < -0.39 is 9.84 Å². The predicted molar refractivity (Wildman–Crippen MR) is 123 cm³/mol. The first-order chi connectivity index (χ1) is 16.0. The number of hydrogen-bond acceptors (Lipinski definition) is 6. The van der Waals surface area contributed by atoms with E-state index in [1.54, 1.807) is 47.4 Å². The normalized spacial score (nSPS) is 14.8. The molecule has 1 aliphatic heterocycles.